The molecule has 0 radical (unpaired) electrons. The molecule has 96 valence electrons. The number of aryl methyl sites for hydroxylation is 1. The van der Waals surface area contributed by atoms with Crippen molar-refractivity contribution in [1.29, 1.82) is 0 Å². The minimum atomic E-state index is 0.727. The van der Waals surface area contributed by atoms with E-state index in [9.17, 15) is 0 Å². The monoisotopic (exact) mass is 271 g/mol. The molecule has 3 aromatic rings. The third kappa shape index (κ3) is 2.71. The van der Waals surface area contributed by atoms with Gasteiger partial charge in [0, 0.05) is 31.1 Å². The summed E-state index contributed by atoms with van der Waals surface area (Å²) in [5.74, 6) is 1.58. The highest BCUT2D eigenvalue weighted by Gasteiger charge is 2.08. The first-order valence-electron chi connectivity index (χ1n) is 5.94. The van der Waals surface area contributed by atoms with E-state index in [0.29, 0.717) is 0 Å². The molecule has 0 aliphatic rings. The summed E-state index contributed by atoms with van der Waals surface area (Å²) >= 11 is 1.63. The number of thioether (sulfide) groups is 1. The minimum absolute atomic E-state index is 0.727. The zero-order valence-corrected chi connectivity index (χ0v) is 11.3. The molecule has 1 aromatic carbocycles. The van der Waals surface area contributed by atoms with Gasteiger partial charge in [-0.05, 0) is 0 Å². The summed E-state index contributed by atoms with van der Waals surface area (Å²) in [5.41, 5.74) is 1.94. The van der Waals surface area contributed by atoms with E-state index in [4.69, 9.17) is 4.52 Å². The first-order chi connectivity index (χ1) is 9.33. The molecule has 0 aliphatic carbocycles. The molecule has 0 fully saturated rings. The third-order valence-corrected chi connectivity index (χ3v) is 3.83. The second kappa shape index (κ2) is 5.32. The van der Waals surface area contributed by atoms with Crippen LogP contribution in [0.4, 0.5) is 0 Å². The number of rotatable bonds is 4. The van der Waals surface area contributed by atoms with Gasteiger partial charge in [-0.25, -0.2) is 4.98 Å². The molecule has 3 rings (SSSR count). The maximum atomic E-state index is 5.35. The van der Waals surface area contributed by atoms with E-state index in [1.54, 1.807) is 18.0 Å². The van der Waals surface area contributed by atoms with E-state index in [-0.39, 0.29) is 0 Å². The Balaban J connectivity index is 1.70. The second-order valence-electron chi connectivity index (χ2n) is 4.15. The van der Waals surface area contributed by atoms with E-state index in [1.807, 2.05) is 54.2 Å². The molecule has 0 atom stereocenters. The van der Waals surface area contributed by atoms with Gasteiger partial charge in [-0.15, -0.1) is 0 Å². The quantitative estimate of drug-likeness (QED) is 0.682. The standard InChI is InChI=1S/C14H13N3OS/c1-17-8-7-15-14(17)19-10-12-9-13(16-18-12)11-5-3-2-4-6-11/h2-9H,10H2,1H3. The maximum Gasteiger partial charge on any atom is 0.168 e. The lowest BCUT2D eigenvalue weighted by Gasteiger charge is -1.97. The molecule has 5 heteroatoms. The highest BCUT2D eigenvalue weighted by atomic mass is 32.2. The van der Waals surface area contributed by atoms with Crippen LogP contribution in [0.1, 0.15) is 5.76 Å². The van der Waals surface area contributed by atoms with Crippen LogP contribution in [0.15, 0.2) is 58.5 Å². The lowest BCUT2D eigenvalue weighted by molar-refractivity contribution is 0.397. The fraction of sp³-hybridized carbons (Fsp3) is 0.143. The van der Waals surface area contributed by atoms with Crippen LogP contribution < -0.4 is 0 Å². The van der Waals surface area contributed by atoms with Crippen LogP contribution in [-0.4, -0.2) is 14.7 Å². The van der Waals surface area contributed by atoms with Crippen molar-refractivity contribution >= 4 is 11.8 Å². The van der Waals surface area contributed by atoms with Gasteiger partial charge in [0.15, 0.2) is 5.16 Å². The summed E-state index contributed by atoms with van der Waals surface area (Å²) in [6.45, 7) is 0. The first-order valence-corrected chi connectivity index (χ1v) is 6.92. The van der Waals surface area contributed by atoms with E-state index in [2.05, 4.69) is 10.1 Å². The van der Waals surface area contributed by atoms with Crippen molar-refractivity contribution in [2.45, 2.75) is 10.9 Å². The van der Waals surface area contributed by atoms with Crippen molar-refractivity contribution < 1.29 is 4.52 Å². The Labute approximate surface area is 115 Å². The molecule has 2 heterocycles. The van der Waals surface area contributed by atoms with Gasteiger partial charge in [0.1, 0.15) is 11.5 Å². The smallest absolute Gasteiger partial charge is 0.168 e. The molecule has 2 aromatic heterocycles. The molecule has 0 bridgehead atoms. The van der Waals surface area contributed by atoms with Crippen molar-refractivity contribution in [2.24, 2.45) is 7.05 Å². The van der Waals surface area contributed by atoms with Gasteiger partial charge in [0.25, 0.3) is 0 Å². The van der Waals surface area contributed by atoms with Crippen LogP contribution in [0.25, 0.3) is 11.3 Å². The molecular weight excluding hydrogens is 258 g/mol. The van der Waals surface area contributed by atoms with Gasteiger partial charge in [-0.3, -0.25) is 0 Å². The summed E-state index contributed by atoms with van der Waals surface area (Å²) in [5, 5.41) is 5.06. The summed E-state index contributed by atoms with van der Waals surface area (Å²) < 4.78 is 7.33. The van der Waals surface area contributed by atoms with Gasteiger partial charge < -0.3 is 9.09 Å². The Hall–Kier alpha value is -2.01. The molecule has 0 aliphatic heterocycles. The van der Waals surface area contributed by atoms with E-state index in [1.165, 1.54) is 0 Å². The summed E-state index contributed by atoms with van der Waals surface area (Å²) in [6.07, 6.45) is 3.72. The van der Waals surface area contributed by atoms with Crippen molar-refractivity contribution in [3.05, 3.63) is 54.6 Å². The van der Waals surface area contributed by atoms with Crippen molar-refractivity contribution in [3.63, 3.8) is 0 Å². The van der Waals surface area contributed by atoms with Crippen LogP contribution >= 0.6 is 11.8 Å². The first kappa shape index (κ1) is 12.0. The molecule has 0 N–H and O–H groups in total. The number of benzene rings is 1. The SMILES string of the molecule is Cn1ccnc1SCc1cc(-c2ccccc2)no1. The van der Waals surface area contributed by atoms with E-state index in [0.717, 1.165) is 27.9 Å². The van der Waals surface area contributed by atoms with Crippen molar-refractivity contribution in [1.82, 2.24) is 14.7 Å². The van der Waals surface area contributed by atoms with Crippen LogP contribution in [0.5, 0.6) is 0 Å². The molecule has 0 saturated heterocycles. The van der Waals surface area contributed by atoms with Gasteiger partial charge >= 0.3 is 0 Å². The molecule has 0 saturated carbocycles. The Morgan fingerprint density at radius 2 is 2.11 bits per heavy atom. The minimum Gasteiger partial charge on any atom is -0.360 e. The summed E-state index contributed by atoms with van der Waals surface area (Å²) in [4.78, 5) is 4.26. The largest absolute Gasteiger partial charge is 0.360 e. The van der Waals surface area contributed by atoms with Crippen molar-refractivity contribution in [2.75, 3.05) is 0 Å². The average Bonchev–Trinajstić information content (AvgIpc) is 3.06. The predicted octanol–water partition coefficient (Wildman–Crippen LogP) is 3.37. The molecule has 4 nitrogen and oxygen atoms in total. The normalized spacial score (nSPS) is 10.8. The number of hydrogen-bond donors (Lipinski definition) is 0. The molecular formula is C14H13N3OS. The van der Waals surface area contributed by atoms with Crippen LogP contribution in [0, 0.1) is 0 Å². The van der Waals surface area contributed by atoms with Gasteiger partial charge in [0.05, 0.1) is 5.75 Å². The fourth-order valence-electron chi connectivity index (χ4n) is 1.75. The molecule has 19 heavy (non-hydrogen) atoms. The Bertz CT molecular complexity index is 660. The van der Waals surface area contributed by atoms with Gasteiger partial charge in [-0.2, -0.15) is 0 Å². The summed E-state index contributed by atoms with van der Waals surface area (Å²) in [6, 6.07) is 12.0. The molecule has 0 unspecified atom stereocenters. The van der Waals surface area contributed by atoms with Crippen LogP contribution in [-0.2, 0) is 12.8 Å². The topological polar surface area (TPSA) is 43.9 Å². The van der Waals surface area contributed by atoms with Crippen LogP contribution in [0.3, 0.4) is 0 Å². The Kier molecular flexibility index (Phi) is 3.37. The number of aromatic nitrogens is 3. The van der Waals surface area contributed by atoms with E-state index >= 15 is 0 Å². The second-order valence-corrected chi connectivity index (χ2v) is 5.10. The number of hydrogen-bond acceptors (Lipinski definition) is 4. The third-order valence-electron chi connectivity index (χ3n) is 2.75. The van der Waals surface area contributed by atoms with E-state index < -0.39 is 0 Å². The highest BCUT2D eigenvalue weighted by Crippen LogP contribution is 2.24. The maximum absolute atomic E-state index is 5.35. The lowest BCUT2D eigenvalue weighted by Crippen LogP contribution is -1.88. The predicted molar refractivity (Wildman–Crippen MR) is 74.7 cm³/mol. The van der Waals surface area contributed by atoms with Gasteiger partial charge in [-0.1, -0.05) is 47.3 Å². The lowest BCUT2D eigenvalue weighted by atomic mass is 10.1. The Morgan fingerprint density at radius 1 is 1.26 bits per heavy atom. The number of imidazole rings is 1. The molecule has 0 amide bonds. The fourth-order valence-corrected chi connectivity index (χ4v) is 2.56. The zero-order valence-electron chi connectivity index (χ0n) is 10.5. The number of nitrogens with zero attached hydrogens (tertiary/aromatic N) is 3. The van der Waals surface area contributed by atoms with Crippen molar-refractivity contribution in [3.8, 4) is 11.3 Å². The average molecular weight is 271 g/mol. The highest BCUT2D eigenvalue weighted by molar-refractivity contribution is 7.98. The molecule has 0 spiro atoms. The zero-order chi connectivity index (χ0) is 13.1. The van der Waals surface area contributed by atoms with Gasteiger partial charge in [0.2, 0.25) is 0 Å². The van der Waals surface area contributed by atoms with Crippen LogP contribution in [0.2, 0.25) is 0 Å². The summed E-state index contributed by atoms with van der Waals surface area (Å²) in [7, 11) is 1.98. The Morgan fingerprint density at radius 3 is 2.84 bits per heavy atom.